The van der Waals surface area contributed by atoms with Crippen molar-refractivity contribution in [1.82, 2.24) is 0 Å². The largest absolute Gasteiger partial charge is 0.323 e. The fraction of sp³-hybridized carbons (Fsp3) is 0.455. The van der Waals surface area contributed by atoms with Crippen LogP contribution in [0.1, 0.15) is 24.1 Å². The lowest BCUT2D eigenvalue weighted by Crippen LogP contribution is -2.30. The van der Waals surface area contributed by atoms with E-state index in [1.54, 1.807) is 6.92 Å². The van der Waals surface area contributed by atoms with Gasteiger partial charge in [-0.3, -0.25) is 0 Å². The number of rotatable bonds is 3. The van der Waals surface area contributed by atoms with Gasteiger partial charge in [0.05, 0.1) is 5.25 Å². The van der Waals surface area contributed by atoms with Crippen LogP contribution < -0.4 is 5.73 Å². The number of benzene rings is 1. The lowest BCUT2D eigenvalue weighted by Gasteiger charge is -2.20. The minimum Gasteiger partial charge on any atom is -0.323 e. The summed E-state index contributed by atoms with van der Waals surface area (Å²) in [6.45, 7) is 3.58. The first-order chi connectivity index (χ1) is 6.84. The van der Waals surface area contributed by atoms with E-state index in [0.717, 1.165) is 11.1 Å². The van der Waals surface area contributed by atoms with Gasteiger partial charge < -0.3 is 5.73 Å². The molecule has 0 heterocycles. The molecule has 0 unspecified atom stereocenters. The highest BCUT2D eigenvalue weighted by molar-refractivity contribution is 7.91. The fourth-order valence-electron chi connectivity index (χ4n) is 1.48. The average molecular weight is 227 g/mol. The maximum Gasteiger partial charge on any atom is 0.151 e. The van der Waals surface area contributed by atoms with Crippen molar-refractivity contribution in [3.63, 3.8) is 0 Å². The first-order valence-corrected chi connectivity index (χ1v) is 6.79. The molecule has 0 aliphatic heterocycles. The summed E-state index contributed by atoms with van der Waals surface area (Å²) < 4.78 is 22.8. The van der Waals surface area contributed by atoms with Crippen molar-refractivity contribution in [3.8, 4) is 0 Å². The molecule has 15 heavy (non-hydrogen) atoms. The van der Waals surface area contributed by atoms with Gasteiger partial charge in [0.25, 0.3) is 0 Å². The molecule has 0 aliphatic carbocycles. The van der Waals surface area contributed by atoms with E-state index in [-0.39, 0.29) is 0 Å². The van der Waals surface area contributed by atoms with Gasteiger partial charge in [0.1, 0.15) is 0 Å². The van der Waals surface area contributed by atoms with Gasteiger partial charge in [-0.1, -0.05) is 24.3 Å². The van der Waals surface area contributed by atoms with Gasteiger partial charge in [0.15, 0.2) is 9.84 Å². The predicted octanol–water partition coefficient (Wildman–Crippen LogP) is 1.43. The monoisotopic (exact) mass is 227 g/mol. The van der Waals surface area contributed by atoms with Gasteiger partial charge in [-0.15, -0.1) is 0 Å². The molecular formula is C11H17NO2S. The minimum absolute atomic E-state index is 0.457. The Bertz CT molecular complexity index is 440. The Hall–Kier alpha value is -0.870. The molecule has 1 aromatic carbocycles. The second-order valence-corrected chi connectivity index (χ2v) is 6.32. The third-order valence-electron chi connectivity index (χ3n) is 2.73. The van der Waals surface area contributed by atoms with Crippen LogP contribution >= 0.6 is 0 Å². The predicted molar refractivity (Wildman–Crippen MR) is 62.4 cm³/mol. The first-order valence-electron chi connectivity index (χ1n) is 4.84. The van der Waals surface area contributed by atoms with Crippen molar-refractivity contribution in [1.29, 1.82) is 0 Å². The third kappa shape index (κ3) is 2.79. The molecule has 0 saturated heterocycles. The Labute approximate surface area is 91.2 Å². The van der Waals surface area contributed by atoms with Crippen LogP contribution in [0.15, 0.2) is 24.3 Å². The Kier molecular flexibility index (Phi) is 3.52. The van der Waals surface area contributed by atoms with E-state index in [1.165, 1.54) is 6.26 Å². The van der Waals surface area contributed by atoms with E-state index < -0.39 is 21.1 Å². The standard InChI is InChI=1S/C11H17NO2S/c1-8-6-4-5-7-10(8)11(12)9(2)15(3,13)14/h4-7,9,11H,12H2,1-3H3/t9-,11-/m1/s1. The Morgan fingerprint density at radius 2 is 1.80 bits per heavy atom. The molecule has 2 N–H and O–H groups in total. The summed E-state index contributed by atoms with van der Waals surface area (Å²) in [5.41, 5.74) is 7.87. The zero-order valence-electron chi connectivity index (χ0n) is 9.27. The quantitative estimate of drug-likeness (QED) is 0.849. The molecular weight excluding hydrogens is 210 g/mol. The van der Waals surface area contributed by atoms with Crippen molar-refractivity contribution in [2.75, 3.05) is 6.26 Å². The number of nitrogens with two attached hydrogens (primary N) is 1. The number of aryl methyl sites for hydroxylation is 1. The average Bonchev–Trinajstić information content (AvgIpc) is 2.15. The zero-order chi connectivity index (χ0) is 11.6. The SMILES string of the molecule is Cc1ccccc1[C@H](N)[C@@H](C)S(C)(=O)=O. The Morgan fingerprint density at radius 1 is 1.27 bits per heavy atom. The van der Waals surface area contributed by atoms with Crippen LogP contribution in [-0.2, 0) is 9.84 Å². The van der Waals surface area contributed by atoms with Crippen molar-refractivity contribution in [3.05, 3.63) is 35.4 Å². The van der Waals surface area contributed by atoms with E-state index in [4.69, 9.17) is 5.73 Å². The summed E-state index contributed by atoms with van der Waals surface area (Å²) in [4.78, 5) is 0. The zero-order valence-corrected chi connectivity index (χ0v) is 10.1. The van der Waals surface area contributed by atoms with E-state index in [1.807, 2.05) is 31.2 Å². The topological polar surface area (TPSA) is 60.2 Å². The summed E-state index contributed by atoms with van der Waals surface area (Å²) >= 11 is 0. The van der Waals surface area contributed by atoms with Crippen molar-refractivity contribution >= 4 is 9.84 Å². The molecule has 3 nitrogen and oxygen atoms in total. The number of sulfone groups is 1. The molecule has 0 aromatic heterocycles. The molecule has 0 bridgehead atoms. The number of hydrogen-bond acceptors (Lipinski definition) is 3. The van der Waals surface area contributed by atoms with Crippen molar-refractivity contribution in [2.24, 2.45) is 5.73 Å². The molecule has 0 fully saturated rings. The molecule has 0 aliphatic rings. The van der Waals surface area contributed by atoms with E-state index >= 15 is 0 Å². The van der Waals surface area contributed by atoms with E-state index in [9.17, 15) is 8.42 Å². The highest BCUT2D eigenvalue weighted by Crippen LogP contribution is 2.21. The van der Waals surface area contributed by atoms with Crippen LogP contribution in [0.25, 0.3) is 0 Å². The van der Waals surface area contributed by atoms with Crippen molar-refractivity contribution in [2.45, 2.75) is 25.1 Å². The van der Waals surface area contributed by atoms with Gasteiger partial charge in [-0.25, -0.2) is 8.42 Å². The molecule has 0 saturated carbocycles. The smallest absolute Gasteiger partial charge is 0.151 e. The van der Waals surface area contributed by atoms with Crippen LogP contribution in [0, 0.1) is 6.92 Å². The van der Waals surface area contributed by atoms with Gasteiger partial charge in [0, 0.05) is 12.3 Å². The molecule has 1 aromatic rings. The first kappa shape index (κ1) is 12.2. The van der Waals surface area contributed by atoms with Gasteiger partial charge in [0.2, 0.25) is 0 Å². The lowest BCUT2D eigenvalue weighted by molar-refractivity contribution is 0.570. The van der Waals surface area contributed by atoms with Crippen LogP contribution in [0.4, 0.5) is 0 Å². The molecule has 84 valence electrons. The second-order valence-electron chi connectivity index (χ2n) is 3.92. The summed E-state index contributed by atoms with van der Waals surface area (Å²) in [5, 5.41) is -0.557. The summed E-state index contributed by atoms with van der Waals surface area (Å²) in [7, 11) is -3.09. The molecule has 0 radical (unpaired) electrons. The maximum atomic E-state index is 11.4. The van der Waals surface area contributed by atoms with E-state index in [2.05, 4.69) is 0 Å². The second kappa shape index (κ2) is 4.33. The van der Waals surface area contributed by atoms with E-state index in [0.29, 0.717) is 0 Å². The highest BCUT2D eigenvalue weighted by Gasteiger charge is 2.24. The van der Waals surface area contributed by atoms with Crippen LogP contribution in [0.3, 0.4) is 0 Å². The molecule has 0 spiro atoms. The summed E-state index contributed by atoms with van der Waals surface area (Å²) in [6.07, 6.45) is 1.22. The third-order valence-corrected chi connectivity index (χ3v) is 4.37. The molecule has 1 rings (SSSR count). The highest BCUT2D eigenvalue weighted by atomic mass is 32.2. The van der Waals surface area contributed by atoms with Crippen LogP contribution in [-0.4, -0.2) is 19.9 Å². The maximum absolute atomic E-state index is 11.4. The van der Waals surface area contributed by atoms with Gasteiger partial charge in [-0.2, -0.15) is 0 Å². The molecule has 0 amide bonds. The van der Waals surface area contributed by atoms with Gasteiger partial charge in [-0.05, 0) is 25.0 Å². The lowest BCUT2D eigenvalue weighted by atomic mass is 10.0. The van der Waals surface area contributed by atoms with Gasteiger partial charge >= 0.3 is 0 Å². The minimum atomic E-state index is -3.09. The normalized spacial score (nSPS) is 16.0. The molecule has 2 atom stereocenters. The fourth-order valence-corrected chi connectivity index (χ4v) is 2.16. The summed E-state index contributed by atoms with van der Waals surface area (Å²) in [5.74, 6) is 0. The Balaban J connectivity index is 3.06. The van der Waals surface area contributed by atoms with Crippen LogP contribution in [0.5, 0.6) is 0 Å². The number of hydrogen-bond donors (Lipinski definition) is 1. The van der Waals surface area contributed by atoms with Crippen LogP contribution in [0.2, 0.25) is 0 Å². The summed E-state index contributed by atoms with van der Waals surface area (Å²) in [6, 6.07) is 7.14. The molecule has 4 heteroatoms. The van der Waals surface area contributed by atoms with Crippen molar-refractivity contribution < 1.29 is 8.42 Å². The Morgan fingerprint density at radius 3 is 2.27 bits per heavy atom.